The van der Waals surface area contributed by atoms with Crippen LogP contribution in [0.15, 0.2) is 66.8 Å². The van der Waals surface area contributed by atoms with Crippen molar-refractivity contribution in [2.24, 2.45) is 0 Å². The van der Waals surface area contributed by atoms with Crippen LogP contribution in [-0.4, -0.2) is 0 Å². The molecule has 0 aromatic heterocycles. The predicted octanol–water partition coefficient (Wildman–Crippen LogP) is 1.48. The molecule has 0 unspecified atom stereocenters. The van der Waals surface area contributed by atoms with Crippen LogP contribution in [0.3, 0.4) is 0 Å². The van der Waals surface area contributed by atoms with Gasteiger partial charge in [0.15, 0.2) is 0 Å². The number of benzene rings is 1. The Morgan fingerprint density at radius 2 is 1.32 bits per heavy atom. The van der Waals surface area contributed by atoms with Gasteiger partial charge in [0.25, 0.3) is 0 Å². The fourth-order valence-electron chi connectivity index (χ4n) is 1.16. The van der Waals surface area contributed by atoms with Gasteiger partial charge in [0.2, 0.25) is 0 Å². The van der Waals surface area contributed by atoms with Gasteiger partial charge in [-0.15, -0.1) is 25.0 Å². The van der Waals surface area contributed by atoms with Gasteiger partial charge < -0.3 is 12.4 Å². The van der Waals surface area contributed by atoms with Gasteiger partial charge in [-0.1, -0.05) is 6.07 Å². The van der Waals surface area contributed by atoms with Gasteiger partial charge in [-0.25, -0.2) is 24.3 Å². The van der Waals surface area contributed by atoms with E-state index in [1.807, 2.05) is 54.6 Å². The van der Waals surface area contributed by atoms with Crippen molar-refractivity contribution in [2.45, 2.75) is 12.8 Å². The summed E-state index contributed by atoms with van der Waals surface area (Å²) in [6.45, 7) is 3.72. The van der Waals surface area contributed by atoms with Crippen molar-refractivity contribution in [2.75, 3.05) is 0 Å². The molecule has 0 fully saturated rings. The van der Waals surface area contributed by atoms with Gasteiger partial charge in [0, 0.05) is 0 Å². The molecule has 0 spiro atoms. The summed E-state index contributed by atoms with van der Waals surface area (Å²) in [6.07, 6.45) is 20.0. The Labute approximate surface area is 142 Å². The maximum Gasteiger partial charge on any atom is 4.00 e. The molecule has 1 aromatic rings. The van der Waals surface area contributed by atoms with Gasteiger partial charge in [0.1, 0.15) is 0 Å². The molecule has 1 aromatic carbocycles. The number of hydrogen-bond acceptors (Lipinski definition) is 0. The van der Waals surface area contributed by atoms with Crippen LogP contribution in [0.1, 0.15) is 18.4 Å². The summed E-state index contributed by atoms with van der Waals surface area (Å²) in [5.74, 6) is 0. The SMILES string of the molecule is [C-]1=CC=CC1.[C-]1=CC=CC1.[CH2-]c1ccccc1.[Cl-].[Hf+4]. The zero-order valence-corrected chi connectivity index (χ0v) is 15.2. The molecule has 2 aliphatic carbocycles. The number of rotatable bonds is 0. The number of allylic oxidation sites excluding steroid dienone is 8. The van der Waals surface area contributed by atoms with Crippen molar-refractivity contribution in [1.82, 2.24) is 0 Å². The molecule has 0 saturated carbocycles. The normalized spacial score (nSPS) is 12.4. The van der Waals surface area contributed by atoms with E-state index in [1.165, 1.54) is 0 Å². The first-order valence-corrected chi connectivity index (χ1v) is 5.70. The quantitative estimate of drug-likeness (QED) is 0.428. The van der Waals surface area contributed by atoms with Crippen LogP contribution in [0, 0.1) is 19.1 Å². The second kappa shape index (κ2) is 15.3. The molecule has 0 heterocycles. The van der Waals surface area contributed by atoms with Crippen LogP contribution in [0.25, 0.3) is 0 Å². The molecular weight excluding hydrogens is 418 g/mol. The van der Waals surface area contributed by atoms with E-state index in [-0.39, 0.29) is 38.3 Å². The van der Waals surface area contributed by atoms with Gasteiger partial charge in [-0.2, -0.15) is 36.8 Å². The van der Waals surface area contributed by atoms with Crippen molar-refractivity contribution in [3.8, 4) is 0 Å². The summed E-state index contributed by atoms with van der Waals surface area (Å²) in [7, 11) is 0. The molecule has 0 N–H and O–H groups in total. The molecule has 0 saturated heterocycles. The largest absolute Gasteiger partial charge is 4.00 e. The Morgan fingerprint density at radius 3 is 1.47 bits per heavy atom. The first kappa shape index (κ1) is 20.5. The molecule has 19 heavy (non-hydrogen) atoms. The summed E-state index contributed by atoms with van der Waals surface area (Å²) < 4.78 is 0. The van der Waals surface area contributed by atoms with Crippen LogP contribution in [0.2, 0.25) is 0 Å². The summed E-state index contributed by atoms with van der Waals surface area (Å²) in [5, 5.41) is 0. The van der Waals surface area contributed by atoms with Crippen LogP contribution < -0.4 is 12.4 Å². The minimum Gasteiger partial charge on any atom is -1.00 e. The van der Waals surface area contributed by atoms with Crippen LogP contribution >= 0.6 is 0 Å². The van der Waals surface area contributed by atoms with Crippen LogP contribution in [0.4, 0.5) is 0 Å². The third kappa shape index (κ3) is 13.4. The van der Waals surface area contributed by atoms with E-state index < -0.39 is 0 Å². The molecule has 0 aliphatic heterocycles. The fourth-order valence-corrected chi connectivity index (χ4v) is 1.16. The molecule has 96 valence electrons. The molecule has 2 heteroatoms. The monoisotopic (exact) mass is 436 g/mol. The standard InChI is InChI=1S/C7H7.2C5H5.ClH.Hf/c1-7-5-3-2-4-6-7;2*1-2-4-5-3-1;;/h2-6H,1H2;2*1-3H,4H2;1H;/q3*-1;;+4/p-1. The summed E-state index contributed by atoms with van der Waals surface area (Å²) in [4.78, 5) is 0. The Kier molecular flexibility index (Phi) is 16.5. The van der Waals surface area contributed by atoms with Gasteiger partial charge in [-0.3, -0.25) is 12.2 Å². The summed E-state index contributed by atoms with van der Waals surface area (Å²) in [5.41, 5.74) is 1.07. The Balaban J connectivity index is 0. The molecule has 2 aliphatic rings. The van der Waals surface area contributed by atoms with Gasteiger partial charge >= 0.3 is 25.8 Å². The van der Waals surface area contributed by atoms with E-state index in [2.05, 4.69) is 31.2 Å². The fraction of sp³-hybridized carbons (Fsp3) is 0.118. The van der Waals surface area contributed by atoms with Crippen LogP contribution in [-0.2, 0) is 25.8 Å². The number of hydrogen-bond donors (Lipinski definition) is 0. The zero-order valence-electron chi connectivity index (χ0n) is 10.9. The maximum atomic E-state index is 3.72. The van der Waals surface area contributed by atoms with Crippen molar-refractivity contribution in [3.05, 3.63) is 91.4 Å². The average Bonchev–Trinajstić information content (AvgIpc) is 3.09. The molecule has 0 radical (unpaired) electrons. The van der Waals surface area contributed by atoms with Gasteiger partial charge in [-0.05, 0) is 0 Å². The Bertz CT molecular complexity index is 361. The molecule has 0 nitrogen and oxygen atoms in total. The van der Waals surface area contributed by atoms with Crippen molar-refractivity contribution < 1.29 is 38.3 Å². The maximum absolute atomic E-state index is 3.72. The third-order valence-electron chi connectivity index (χ3n) is 2.01. The van der Waals surface area contributed by atoms with E-state index in [0.29, 0.717) is 0 Å². The van der Waals surface area contributed by atoms with E-state index in [9.17, 15) is 0 Å². The van der Waals surface area contributed by atoms with Gasteiger partial charge in [0.05, 0.1) is 0 Å². The van der Waals surface area contributed by atoms with E-state index in [4.69, 9.17) is 0 Å². The predicted molar refractivity (Wildman–Crippen MR) is 74.0 cm³/mol. The van der Waals surface area contributed by atoms with Crippen molar-refractivity contribution in [3.63, 3.8) is 0 Å². The van der Waals surface area contributed by atoms with E-state index in [1.54, 1.807) is 0 Å². The van der Waals surface area contributed by atoms with E-state index >= 15 is 0 Å². The first-order valence-electron chi connectivity index (χ1n) is 5.70. The Hall–Kier alpha value is -0.790. The summed E-state index contributed by atoms with van der Waals surface area (Å²) >= 11 is 0. The molecule has 3 rings (SSSR count). The second-order valence-electron chi connectivity index (χ2n) is 3.49. The molecule has 0 atom stereocenters. The second-order valence-corrected chi connectivity index (χ2v) is 3.49. The topological polar surface area (TPSA) is 0 Å². The minimum atomic E-state index is 0. The molecule has 0 bridgehead atoms. The zero-order chi connectivity index (χ0) is 12.2. The van der Waals surface area contributed by atoms with E-state index in [0.717, 1.165) is 18.4 Å². The first-order chi connectivity index (χ1) is 8.39. The smallest absolute Gasteiger partial charge is 1.00 e. The number of halogens is 1. The molecule has 0 amide bonds. The van der Waals surface area contributed by atoms with Crippen molar-refractivity contribution >= 4 is 0 Å². The van der Waals surface area contributed by atoms with Crippen molar-refractivity contribution in [1.29, 1.82) is 0 Å². The van der Waals surface area contributed by atoms with Crippen LogP contribution in [0.5, 0.6) is 0 Å². The Morgan fingerprint density at radius 1 is 0.842 bits per heavy atom. The molecular formula is C17H17ClHf. The third-order valence-corrected chi connectivity index (χ3v) is 2.01. The average molecular weight is 435 g/mol. The minimum absolute atomic E-state index is 0. The summed E-state index contributed by atoms with van der Waals surface area (Å²) in [6, 6.07) is 9.87.